The number of benzene rings is 2. The van der Waals surface area contributed by atoms with Crippen molar-refractivity contribution in [2.45, 2.75) is 0 Å². The molecule has 3 rings (SSSR count). The third kappa shape index (κ3) is 2.59. The fourth-order valence-electron chi connectivity index (χ4n) is 2.33. The zero-order valence-corrected chi connectivity index (χ0v) is 13.2. The lowest BCUT2D eigenvalue weighted by Gasteiger charge is -2.11. The molecule has 0 bridgehead atoms. The van der Waals surface area contributed by atoms with Gasteiger partial charge in [-0.2, -0.15) is 5.26 Å². The Morgan fingerprint density at radius 2 is 1.64 bits per heavy atom. The van der Waals surface area contributed by atoms with Crippen LogP contribution in [0.3, 0.4) is 0 Å². The fraction of sp³-hybridized carbons (Fsp3) is 0. The maximum atomic E-state index is 9.40. The summed E-state index contributed by atoms with van der Waals surface area (Å²) in [5.74, 6) is 0.245. The molecule has 0 atom stereocenters. The zero-order valence-electron chi connectivity index (χ0n) is 11.6. The van der Waals surface area contributed by atoms with Gasteiger partial charge in [-0.25, -0.2) is 4.98 Å². The summed E-state index contributed by atoms with van der Waals surface area (Å²) in [6, 6.07) is 21.6. The molecule has 0 saturated carbocycles. The Balaban J connectivity index is 2.27. The van der Waals surface area contributed by atoms with E-state index in [0.29, 0.717) is 5.56 Å². The number of nitrogen functional groups attached to an aromatic ring is 1. The van der Waals surface area contributed by atoms with Crippen molar-refractivity contribution in [3.8, 4) is 28.5 Å². The maximum absolute atomic E-state index is 9.40. The Morgan fingerprint density at radius 3 is 2.32 bits per heavy atom. The van der Waals surface area contributed by atoms with Crippen LogP contribution in [0.1, 0.15) is 5.56 Å². The van der Waals surface area contributed by atoms with E-state index in [9.17, 15) is 5.26 Å². The summed E-state index contributed by atoms with van der Waals surface area (Å²) in [7, 11) is 0. The molecule has 106 valence electrons. The quantitative estimate of drug-likeness (QED) is 0.733. The van der Waals surface area contributed by atoms with E-state index in [0.717, 1.165) is 26.9 Å². The summed E-state index contributed by atoms with van der Waals surface area (Å²) in [5, 5.41) is 9.40. The van der Waals surface area contributed by atoms with E-state index in [2.05, 4.69) is 27.0 Å². The van der Waals surface area contributed by atoms with E-state index in [-0.39, 0.29) is 5.82 Å². The number of aromatic nitrogens is 1. The first kappa shape index (κ1) is 14.3. The Kier molecular flexibility index (Phi) is 3.90. The summed E-state index contributed by atoms with van der Waals surface area (Å²) in [6.45, 7) is 0. The van der Waals surface area contributed by atoms with E-state index in [1.165, 1.54) is 0 Å². The molecule has 4 heteroatoms. The van der Waals surface area contributed by atoms with Gasteiger partial charge in [0.1, 0.15) is 17.5 Å². The van der Waals surface area contributed by atoms with Gasteiger partial charge in [0, 0.05) is 15.6 Å². The van der Waals surface area contributed by atoms with Crippen LogP contribution in [-0.4, -0.2) is 4.98 Å². The minimum absolute atomic E-state index is 0.245. The number of hydrogen-bond donors (Lipinski definition) is 1. The molecular weight excluding hydrogens is 338 g/mol. The van der Waals surface area contributed by atoms with Crippen LogP contribution in [0, 0.1) is 11.3 Å². The summed E-state index contributed by atoms with van der Waals surface area (Å²) < 4.78 is 0.936. The van der Waals surface area contributed by atoms with Gasteiger partial charge in [0.05, 0.1) is 5.69 Å². The largest absolute Gasteiger partial charge is 0.383 e. The van der Waals surface area contributed by atoms with E-state index in [4.69, 9.17) is 5.73 Å². The molecule has 0 aliphatic heterocycles. The van der Waals surface area contributed by atoms with Gasteiger partial charge in [0.2, 0.25) is 0 Å². The molecule has 0 spiro atoms. The van der Waals surface area contributed by atoms with E-state index >= 15 is 0 Å². The topological polar surface area (TPSA) is 62.7 Å². The predicted octanol–water partition coefficient (Wildman–Crippen LogP) is 4.63. The molecular formula is C18H12BrN3. The second-order valence-corrected chi connectivity index (χ2v) is 5.63. The highest BCUT2D eigenvalue weighted by atomic mass is 79.9. The minimum atomic E-state index is 0.245. The number of anilines is 1. The molecule has 0 aliphatic carbocycles. The monoisotopic (exact) mass is 349 g/mol. The normalized spacial score (nSPS) is 10.2. The summed E-state index contributed by atoms with van der Waals surface area (Å²) >= 11 is 3.53. The molecule has 1 heterocycles. The Bertz CT molecular complexity index is 867. The second kappa shape index (κ2) is 6.00. The SMILES string of the molecule is N#Cc1c(-c2ccccc2)cc(-c2ccccc2Br)nc1N. The highest BCUT2D eigenvalue weighted by Crippen LogP contribution is 2.33. The average molecular weight is 350 g/mol. The standard InChI is InChI=1S/C18H12BrN3/c19-16-9-5-4-8-13(16)17-10-14(12-6-2-1-3-7-12)15(11-20)18(21)22-17/h1-10H,(H2,21,22). The number of hydrogen-bond acceptors (Lipinski definition) is 3. The Morgan fingerprint density at radius 1 is 0.955 bits per heavy atom. The van der Waals surface area contributed by atoms with Crippen LogP contribution in [0.25, 0.3) is 22.4 Å². The lowest BCUT2D eigenvalue weighted by Crippen LogP contribution is -2.00. The first-order valence-electron chi connectivity index (χ1n) is 6.71. The van der Waals surface area contributed by atoms with E-state index in [1.807, 2.05) is 60.7 Å². The van der Waals surface area contributed by atoms with Gasteiger partial charge < -0.3 is 5.73 Å². The average Bonchev–Trinajstić information content (AvgIpc) is 2.55. The van der Waals surface area contributed by atoms with Gasteiger partial charge in [0.25, 0.3) is 0 Å². The number of pyridine rings is 1. The molecule has 22 heavy (non-hydrogen) atoms. The Hall–Kier alpha value is -2.64. The van der Waals surface area contributed by atoms with Crippen LogP contribution in [0.2, 0.25) is 0 Å². The van der Waals surface area contributed by atoms with Crippen molar-refractivity contribution in [2.24, 2.45) is 0 Å². The van der Waals surface area contributed by atoms with E-state index in [1.54, 1.807) is 0 Å². The van der Waals surface area contributed by atoms with Crippen molar-refractivity contribution in [1.82, 2.24) is 4.98 Å². The van der Waals surface area contributed by atoms with Crippen molar-refractivity contribution >= 4 is 21.7 Å². The zero-order chi connectivity index (χ0) is 15.5. The number of nitrogens with two attached hydrogens (primary N) is 1. The maximum Gasteiger partial charge on any atom is 0.142 e. The van der Waals surface area contributed by atoms with Crippen LogP contribution in [0.4, 0.5) is 5.82 Å². The highest BCUT2D eigenvalue weighted by molar-refractivity contribution is 9.10. The van der Waals surface area contributed by atoms with Crippen molar-refractivity contribution in [3.63, 3.8) is 0 Å². The first-order chi connectivity index (χ1) is 10.7. The number of rotatable bonds is 2. The number of halogens is 1. The molecule has 1 aromatic heterocycles. The second-order valence-electron chi connectivity index (χ2n) is 4.77. The molecule has 2 N–H and O–H groups in total. The lowest BCUT2D eigenvalue weighted by atomic mass is 9.98. The van der Waals surface area contributed by atoms with Crippen LogP contribution in [0.15, 0.2) is 65.1 Å². The molecule has 0 amide bonds. The van der Waals surface area contributed by atoms with Crippen LogP contribution >= 0.6 is 15.9 Å². The van der Waals surface area contributed by atoms with Crippen molar-refractivity contribution in [3.05, 3.63) is 70.7 Å². The number of nitriles is 1. The van der Waals surface area contributed by atoms with Crippen LogP contribution in [0.5, 0.6) is 0 Å². The summed E-state index contributed by atoms with van der Waals surface area (Å²) in [4.78, 5) is 4.39. The van der Waals surface area contributed by atoms with Gasteiger partial charge in [-0.1, -0.05) is 64.5 Å². The molecule has 0 saturated heterocycles. The van der Waals surface area contributed by atoms with E-state index < -0.39 is 0 Å². The highest BCUT2D eigenvalue weighted by Gasteiger charge is 2.14. The van der Waals surface area contributed by atoms with Crippen LogP contribution in [-0.2, 0) is 0 Å². The molecule has 0 radical (unpaired) electrons. The lowest BCUT2D eigenvalue weighted by molar-refractivity contribution is 1.30. The van der Waals surface area contributed by atoms with Gasteiger partial charge in [-0.05, 0) is 17.7 Å². The van der Waals surface area contributed by atoms with Crippen molar-refractivity contribution in [1.29, 1.82) is 5.26 Å². The fourth-order valence-corrected chi connectivity index (χ4v) is 2.82. The third-order valence-electron chi connectivity index (χ3n) is 3.39. The predicted molar refractivity (Wildman–Crippen MR) is 91.9 cm³/mol. The minimum Gasteiger partial charge on any atom is -0.383 e. The van der Waals surface area contributed by atoms with Gasteiger partial charge in [-0.3, -0.25) is 0 Å². The Labute approximate surface area is 137 Å². The first-order valence-corrected chi connectivity index (χ1v) is 7.51. The van der Waals surface area contributed by atoms with Gasteiger partial charge in [-0.15, -0.1) is 0 Å². The van der Waals surface area contributed by atoms with Crippen molar-refractivity contribution in [2.75, 3.05) is 5.73 Å². The molecule has 0 fully saturated rings. The smallest absolute Gasteiger partial charge is 0.142 e. The molecule has 2 aromatic carbocycles. The summed E-state index contributed by atoms with van der Waals surface area (Å²) in [5.41, 5.74) is 9.83. The van der Waals surface area contributed by atoms with Gasteiger partial charge in [0.15, 0.2) is 0 Å². The summed E-state index contributed by atoms with van der Waals surface area (Å²) in [6.07, 6.45) is 0. The molecule has 3 aromatic rings. The van der Waals surface area contributed by atoms with Crippen LogP contribution < -0.4 is 5.73 Å². The molecule has 0 unspecified atom stereocenters. The number of nitrogens with zero attached hydrogens (tertiary/aromatic N) is 2. The van der Waals surface area contributed by atoms with Gasteiger partial charge >= 0.3 is 0 Å². The molecule has 3 nitrogen and oxygen atoms in total. The third-order valence-corrected chi connectivity index (χ3v) is 4.09. The molecule has 0 aliphatic rings. The van der Waals surface area contributed by atoms with Crippen molar-refractivity contribution < 1.29 is 0 Å².